The van der Waals surface area contributed by atoms with Gasteiger partial charge in [0.15, 0.2) is 0 Å². The van der Waals surface area contributed by atoms with Crippen molar-refractivity contribution in [3.63, 3.8) is 0 Å². The number of aliphatic hydroxyl groups excluding tert-OH is 1. The molecule has 0 radical (unpaired) electrons. The Balaban J connectivity index is 2.22. The van der Waals surface area contributed by atoms with Crippen LogP contribution in [0, 0.1) is 12.8 Å². The summed E-state index contributed by atoms with van der Waals surface area (Å²) in [4.78, 5) is 0. The molecule has 0 spiro atoms. The smallest absolute Gasteiger partial charge is 0.0832 e. The minimum atomic E-state index is -0.323. The Morgan fingerprint density at radius 3 is 2.72 bits per heavy atom. The molecule has 0 bridgehead atoms. The van der Waals surface area contributed by atoms with Crippen LogP contribution in [-0.2, 0) is 0 Å². The third-order valence-corrected chi connectivity index (χ3v) is 4.07. The van der Waals surface area contributed by atoms with Gasteiger partial charge in [0, 0.05) is 12.5 Å². The zero-order chi connectivity index (χ0) is 13.1. The van der Waals surface area contributed by atoms with Gasteiger partial charge in [0.1, 0.15) is 0 Å². The topological polar surface area (TPSA) is 32.3 Å². The van der Waals surface area contributed by atoms with Crippen LogP contribution in [0.4, 0.5) is 0 Å². The summed E-state index contributed by atoms with van der Waals surface area (Å²) in [6, 6.07) is 6.51. The van der Waals surface area contributed by atoms with Crippen molar-refractivity contribution >= 4 is 0 Å². The molecule has 1 fully saturated rings. The molecule has 1 heterocycles. The molecule has 2 unspecified atom stereocenters. The molecule has 2 heteroatoms. The Labute approximate surface area is 110 Å². The van der Waals surface area contributed by atoms with Gasteiger partial charge in [0.25, 0.3) is 0 Å². The fourth-order valence-corrected chi connectivity index (χ4v) is 2.74. The molecule has 18 heavy (non-hydrogen) atoms. The molecular weight excluding hydrogens is 222 g/mol. The van der Waals surface area contributed by atoms with E-state index in [4.69, 9.17) is 0 Å². The van der Waals surface area contributed by atoms with Crippen LogP contribution in [-0.4, -0.2) is 18.2 Å². The highest BCUT2D eigenvalue weighted by molar-refractivity contribution is 5.34. The number of piperidine rings is 1. The lowest BCUT2D eigenvalue weighted by Crippen LogP contribution is -2.33. The van der Waals surface area contributed by atoms with E-state index in [1.54, 1.807) is 0 Å². The molecule has 1 aliphatic heterocycles. The first-order valence-corrected chi connectivity index (χ1v) is 7.09. The standard InChI is InChI=1S/C16H25NO/c1-11(2)13-7-6-12(3)15(9-13)16(18)14-5-4-8-17-10-14/h6-7,9,11,14,16-18H,4-5,8,10H2,1-3H3. The van der Waals surface area contributed by atoms with E-state index in [-0.39, 0.29) is 6.10 Å². The van der Waals surface area contributed by atoms with Gasteiger partial charge in [-0.05, 0) is 48.9 Å². The number of nitrogens with one attached hydrogen (secondary N) is 1. The normalized spacial score (nSPS) is 22.2. The molecule has 0 saturated carbocycles. The van der Waals surface area contributed by atoms with E-state index in [0.29, 0.717) is 11.8 Å². The van der Waals surface area contributed by atoms with Crippen LogP contribution in [0.5, 0.6) is 0 Å². The van der Waals surface area contributed by atoms with E-state index in [1.165, 1.54) is 17.5 Å². The second-order valence-corrected chi connectivity index (χ2v) is 5.82. The Hall–Kier alpha value is -0.860. The first kappa shape index (κ1) is 13.6. The predicted octanol–water partition coefficient (Wildman–Crippen LogP) is 3.15. The Bertz CT molecular complexity index is 394. The molecule has 1 aromatic carbocycles. The number of aryl methyl sites for hydroxylation is 1. The maximum atomic E-state index is 10.6. The van der Waals surface area contributed by atoms with Gasteiger partial charge in [-0.2, -0.15) is 0 Å². The first-order chi connectivity index (χ1) is 8.59. The van der Waals surface area contributed by atoms with Crippen LogP contribution in [0.1, 0.15) is 55.4 Å². The lowest BCUT2D eigenvalue weighted by Gasteiger charge is -2.29. The van der Waals surface area contributed by atoms with Crippen LogP contribution in [0.3, 0.4) is 0 Å². The van der Waals surface area contributed by atoms with Crippen molar-refractivity contribution in [2.75, 3.05) is 13.1 Å². The van der Waals surface area contributed by atoms with E-state index >= 15 is 0 Å². The third-order valence-electron chi connectivity index (χ3n) is 4.07. The Morgan fingerprint density at radius 2 is 2.11 bits per heavy atom. The van der Waals surface area contributed by atoms with Gasteiger partial charge >= 0.3 is 0 Å². The van der Waals surface area contributed by atoms with Gasteiger partial charge in [0.2, 0.25) is 0 Å². The van der Waals surface area contributed by atoms with E-state index in [9.17, 15) is 5.11 Å². The van der Waals surface area contributed by atoms with Crippen molar-refractivity contribution in [1.29, 1.82) is 0 Å². The number of hydrogen-bond acceptors (Lipinski definition) is 2. The molecule has 2 N–H and O–H groups in total. The zero-order valence-corrected chi connectivity index (χ0v) is 11.7. The van der Waals surface area contributed by atoms with Crippen LogP contribution in [0.2, 0.25) is 0 Å². The molecule has 2 rings (SSSR count). The summed E-state index contributed by atoms with van der Waals surface area (Å²) in [6.45, 7) is 8.52. The van der Waals surface area contributed by atoms with Gasteiger partial charge in [-0.15, -0.1) is 0 Å². The van der Waals surface area contributed by atoms with E-state index in [2.05, 4.69) is 44.3 Å². The second-order valence-electron chi connectivity index (χ2n) is 5.82. The summed E-state index contributed by atoms with van der Waals surface area (Å²) in [7, 11) is 0. The molecule has 0 aliphatic carbocycles. The molecule has 1 aromatic rings. The number of hydrogen-bond donors (Lipinski definition) is 2. The van der Waals surface area contributed by atoms with Crippen molar-refractivity contribution in [3.8, 4) is 0 Å². The summed E-state index contributed by atoms with van der Waals surface area (Å²) in [5.74, 6) is 0.876. The second kappa shape index (κ2) is 5.85. The van der Waals surface area contributed by atoms with Gasteiger partial charge in [-0.1, -0.05) is 32.0 Å². The van der Waals surface area contributed by atoms with Crippen LogP contribution in [0.25, 0.3) is 0 Å². The molecule has 1 aliphatic rings. The quantitative estimate of drug-likeness (QED) is 0.860. The maximum absolute atomic E-state index is 10.6. The lowest BCUT2D eigenvalue weighted by atomic mass is 9.86. The highest BCUT2D eigenvalue weighted by atomic mass is 16.3. The van der Waals surface area contributed by atoms with Crippen LogP contribution in [0.15, 0.2) is 18.2 Å². The summed E-state index contributed by atoms with van der Waals surface area (Å²) in [5, 5.41) is 14.0. The van der Waals surface area contributed by atoms with Gasteiger partial charge < -0.3 is 10.4 Å². The van der Waals surface area contributed by atoms with Gasteiger partial charge in [-0.25, -0.2) is 0 Å². The summed E-state index contributed by atoms with van der Waals surface area (Å²) < 4.78 is 0. The summed E-state index contributed by atoms with van der Waals surface area (Å²) in [6.07, 6.45) is 1.97. The average Bonchev–Trinajstić information content (AvgIpc) is 2.39. The predicted molar refractivity (Wildman–Crippen MR) is 75.8 cm³/mol. The third kappa shape index (κ3) is 2.93. The SMILES string of the molecule is Cc1ccc(C(C)C)cc1C(O)C1CCCNC1. The van der Waals surface area contributed by atoms with Crippen LogP contribution < -0.4 is 5.32 Å². The van der Waals surface area contributed by atoms with Crippen molar-refractivity contribution in [3.05, 3.63) is 34.9 Å². The molecule has 0 aromatic heterocycles. The maximum Gasteiger partial charge on any atom is 0.0832 e. The number of aliphatic hydroxyl groups is 1. The van der Waals surface area contributed by atoms with E-state index in [1.807, 2.05) is 0 Å². The molecule has 2 nitrogen and oxygen atoms in total. The Morgan fingerprint density at radius 1 is 1.33 bits per heavy atom. The summed E-state index contributed by atoms with van der Waals surface area (Å²) >= 11 is 0. The highest BCUT2D eigenvalue weighted by Crippen LogP contribution is 2.31. The fraction of sp³-hybridized carbons (Fsp3) is 0.625. The summed E-state index contributed by atoms with van der Waals surface area (Å²) in [5.41, 5.74) is 3.64. The number of rotatable bonds is 3. The Kier molecular flexibility index (Phi) is 4.41. The molecule has 2 atom stereocenters. The van der Waals surface area contributed by atoms with Crippen molar-refractivity contribution < 1.29 is 5.11 Å². The molecular formula is C16H25NO. The van der Waals surface area contributed by atoms with Crippen molar-refractivity contribution in [2.24, 2.45) is 5.92 Å². The monoisotopic (exact) mass is 247 g/mol. The van der Waals surface area contributed by atoms with Gasteiger partial charge in [-0.3, -0.25) is 0 Å². The lowest BCUT2D eigenvalue weighted by molar-refractivity contribution is 0.0915. The van der Waals surface area contributed by atoms with E-state index < -0.39 is 0 Å². The molecule has 100 valence electrons. The zero-order valence-electron chi connectivity index (χ0n) is 11.7. The number of benzene rings is 1. The minimum Gasteiger partial charge on any atom is -0.388 e. The molecule has 0 amide bonds. The van der Waals surface area contributed by atoms with Crippen molar-refractivity contribution in [2.45, 2.75) is 45.6 Å². The molecule has 1 saturated heterocycles. The van der Waals surface area contributed by atoms with Gasteiger partial charge in [0.05, 0.1) is 6.10 Å². The average molecular weight is 247 g/mol. The van der Waals surface area contributed by atoms with E-state index in [0.717, 1.165) is 25.1 Å². The van der Waals surface area contributed by atoms with Crippen LogP contribution >= 0.6 is 0 Å². The fourth-order valence-electron chi connectivity index (χ4n) is 2.74. The highest BCUT2D eigenvalue weighted by Gasteiger charge is 2.24. The largest absolute Gasteiger partial charge is 0.388 e. The van der Waals surface area contributed by atoms with Crippen molar-refractivity contribution in [1.82, 2.24) is 5.32 Å². The minimum absolute atomic E-state index is 0.323. The first-order valence-electron chi connectivity index (χ1n) is 7.09.